The number of aromatic nitrogens is 1. The van der Waals surface area contributed by atoms with E-state index in [0.717, 1.165) is 48.7 Å². The molecule has 5 heteroatoms. The zero-order chi connectivity index (χ0) is 18.3. The van der Waals surface area contributed by atoms with Gasteiger partial charge in [-0.2, -0.15) is 0 Å². The van der Waals surface area contributed by atoms with Gasteiger partial charge in [0.15, 0.2) is 0 Å². The van der Waals surface area contributed by atoms with Crippen molar-refractivity contribution in [2.24, 2.45) is 0 Å². The molecule has 1 N–H and O–H groups in total. The zero-order valence-corrected chi connectivity index (χ0v) is 15.6. The van der Waals surface area contributed by atoms with Gasteiger partial charge in [0.2, 0.25) is 11.8 Å². The summed E-state index contributed by atoms with van der Waals surface area (Å²) >= 11 is 0. The summed E-state index contributed by atoms with van der Waals surface area (Å²) in [7, 11) is 0. The molecule has 1 atom stereocenters. The van der Waals surface area contributed by atoms with Crippen LogP contribution in [0.25, 0.3) is 10.9 Å². The molecular weight excluding hydrogens is 326 g/mol. The molecular formula is C21H27N3O2. The molecule has 1 unspecified atom stereocenters. The lowest BCUT2D eigenvalue weighted by Crippen LogP contribution is -2.62. The Balaban J connectivity index is 1.60. The van der Waals surface area contributed by atoms with Gasteiger partial charge in [-0.05, 0) is 51.2 Å². The van der Waals surface area contributed by atoms with E-state index in [9.17, 15) is 9.59 Å². The normalized spacial score (nSPS) is 23.6. The third kappa shape index (κ3) is 2.61. The van der Waals surface area contributed by atoms with Gasteiger partial charge in [0.1, 0.15) is 5.54 Å². The highest BCUT2D eigenvalue weighted by molar-refractivity contribution is 5.95. The number of likely N-dealkylation sites (tertiary alicyclic amines) is 2. The number of hydrogen-bond donors (Lipinski definition) is 1. The van der Waals surface area contributed by atoms with Crippen LogP contribution in [0.1, 0.15) is 45.1 Å². The first-order valence-electron chi connectivity index (χ1n) is 9.69. The molecule has 1 aromatic carbocycles. The first kappa shape index (κ1) is 17.1. The van der Waals surface area contributed by atoms with Gasteiger partial charge in [-0.15, -0.1) is 0 Å². The van der Waals surface area contributed by atoms with Crippen molar-refractivity contribution in [3.63, 3.8) is 0 Å². The minimum absolute atomic E-state index is 0.0752. The summed E-state index contributed by atoms with van der Waals surface area (Å²) in [5.74, 6) is 0.231. The Labute approximate surface area is 154 Å². The lowest BCUT2D eigenvalue weighted by Gasteiger charge is -2.46. The minimum atomic E-state index is -0.605. The predicted molar refractivity (Wildman–Crippen MR) is 102 cm³/mol. The number of nitrogens with one attached hydrogen (secondary N) is 1. The van der Waals surface area contributed by atoms with Crippen molar-refractivity contribution in [3.05, 3.63) is 36.0 Å². The molecule has 2 aliphatic heterocycles. The van der Waals surface area contributed by atoms with Crippen molar-refractivity contribution in [1.82, 2.24) is 14.8 Å². The molecule has 0 aliphatic carbocycles. The van der Waals surface area contributed by atoms with Crippen LogP contribution in [0.3, 0.4) is 0 Å². The van der Waals surface area contributed by atoms with Crippen LogP contribution >= 0.6 is 0 Å². The topological polar surface area (TPSA) is 56.4 Å². The highest BCUT2D eigenvalue weighted by Gasteiger charge is 2.52. The number of carbonyl (C=O) groups excluding carboxylic acids is 2. The molecule has 0 bridgehead atoms. The molecule has 2 aliphatic rings. The first-order valence-corrected chi connectivity index (χ1v) is 9.69. The van der Waals surface area contributed by atoms with Crippen molar-refractivity contribution < 1.29 is 9.59 Å². The molecule has 0 radical (unpaired) electrons. The minimum Gasteiger partial charge on any atom is -0.361 e. The molecule has 138 valence electrons. The number of aromatic amines is 1. The van der Waals surface area contributed by atoms with Gasteiger partial charge in [-0.3, -0.25) is 9.59 Å². The third-order valence-electron chi connectivity index (χ3n) is 6.08. The van der Waals surface area contributed by atoms with E-state index in [2.05, 4.69) is 18.8 Å². The van der Waals surface area contributed by atoms with E-state index in [4.69, 9.17) is 0 Å². The van der Waals surface area contributed by atoms with Gasteiger partial charge < -0.3 is 14.8 Å². The van der Waals surface area contributed by atoms with Crippen molar-refractivity contribution >= 4 is 22.7 Å². The van der Waals surface area contributed by atoms with Gasteiger partial charge >= 0.3 is 0 Å². The fourth-order valence-electron chi connectivity index (χ4n) is 4.77. The standard InChI is InChI=1S/C21H27N3O2/c1-15(2)23-11-5-9-21(20(23)26)10-6-12-24(21)19(25)13-16-14-22-18-8-4-3-7-17(16)18/h3-4,7-8,14-15,22H,5-6,9-13H2,1-2H3. The first-order chi connectivity index (χ1) is 12.5. The Kier molecular flexibility index (Phi) is 4.25. The summed E-state index contributed by atoms with van der Waals surface area (Å²) in [6, 6.07) is 8.23. The van der Waals surface area contributed by atoms with Gasteiger partial charge in [0.25, 0.3) is 0 Å². The highest BCUT2D eigenvalue weighted by Crippen LogP contribution is 2.39. The number of piperidine rings is 1. The lowest BCUT2D eigenvalue weighted by atomic mass is 9.84. The predicted octanol–water partition coefficient (Wildman–Crippen LogP) is 3.10. The molecule has 5 nitrogen and oxygen atoms in total. The fourth-order valence-corrected chi connectivity index (χ4v) is 4.77. The van der Waals surface area contributed by atoms with Gasteiger partial charge in [-0.25, -0.2) is 0 Å². The van der Waals surface area contributed by atoms with Crippen LogP contribution in [0.4, 0.5) is 0 Å². The van der Waals surface area contributed by atoms with Crippen molar-refractivity contribution in [2.75, 3.05) is 13.1 Å². The SMILES string of the molecule is CC(C)N1CCCC2(CCCN2C(=O)Cc2c[nH]c3ccccc23)C1=O. The number of hydrogen-bond acceptors (Lipinski definition) is 2. The van der Waals surface area contributed by atoms with Crippen LogP contribution in [-0.2, 0) is 16.0 Å². The van der Waals surface area contributed by atoms with Crippen molar-refractivity contribution in [1.29, 1.82) is 0 Å². The zero-order valence-electron chi connectivity index (χ0n) is 15.6. The number of amides is 2. The molecule has 26 heavy (non-hydrogen) atoms. The number of H-pyrrole nitrogens is 1. The van der Waals surface area contributed by atoms with Crippen molar-refractivity contribution in [2.45, 2.75) is 57.5 Å². The molecule has 0 saturated carbocycles. The number of rotatable bonds is 3. The number of benzene rings is 1. The quantitative estimate of drug-likeness (QED) is 0.922. The Morgan fingerprint density at radius 1 is 1.19 bits per heavy atom. The maximum atomic E-state index is 13.2. The number of carbonyl (C=O) groups is 2. The Hall–Kier alpha value is -2.30. The largest absolute Gasteiger partial charge is 0.361 e. The molecule has 2 fully saturated rings. The van der Waals surface area contributed by atoms with Crippen LogP contribution in [0.5, 0.6) is 0 Å². The summed E-state index contributed by atoms with van der Waals surface area (Å²) in [6.45, 7) is 5.62. The number of fused-ring (bicyclic) bond motifs is 1. The lowest BCUT2D eigenvalue weighted by molar-refractivity contribution is -0.156. The van der Waals surface area contributed by atoms with E-state index >= 15 is 0 Å². The van der Waals surface area contributed by atoms with Gasteiger partial charge in [-0.1, -0.05) is 18.2 Å². The molecule has 2 saturated heterocycles. The van der Waals surface area contributed by atoms with Gasteiger partial charge in [0, 0.05) is 36.2 Å². The van der Waals surface area contributed by atoms with Crippen LogP contribution in [0, 0.1) is 0 Å². The van der Waals surface area contributed by atoms with Crippen LogP contribution in [0.15, 0.2) is 30.5 Å². The molecule has 1 spiro atoms. The number of nitrogens with zero attached hydrogens (tertiary/aromatic N) is 2. The Morgan fingerprint density at radius 3 is 2.69 bits per heavy atom. The van der Waals surface area contributed by atoms with E-state index in [1.807, 2.05) is 40.3 Å². The van der Waals surface area contributed by atoms with E-state index in [0.29, 0.717) is 13.0 Å². The van der Waals surface area contributed by atoms with E-state index in [1.165, 1.54) is 0 Å². The summed E-state index contributed by atoms with van der Waals surface area (Å²) < 4.78 is 0. The number of para-hydroxylation sites is 1. The second-order valence-electron chi connectivity index (χ2n) is 7.91. The molecule has 2 aromatic rings. The molecule has 2 amide bonds. The summed E-state index contributed by atoms with van der Waals surface area (Å²) in [4.78, 5) is 33.5. The summed E-state index contributed by atoms with van der Waals surface area (Å²) in [5.41, 5.74) is 1.45. The van der Waals surface area contributed by atoms with Crippen LogP contribution in [0.2, 0.25) is 0 Å². The summed E-state index contributed by atoms with van der Waals surface area (Å²) in [6.07, 6.45) is 5.76. The smallest absolute Gasteiger partial charge is 0.248 e. The van der Waals surface area contributed by atoms with E-state index in [1.54, 1.807) is 0 Å². The van der Waals surface area contributed by atoms with E-state index in [-0.39, 0.29) is 17.9 Å². The average Bonchev–Trinajstić information content (AvgIpc) is 3.23. The summed E-state index contributed by atoms with van der Waals surface area (Å²) in [5, 5.41) is 1.09. The highest BCUT2D eigenvalue weighted by atomic mass is 16.2. The van der Waals surface area contributed by atoms with Crippen molar-refractivity contribution in [3.8, 4) is 0 Å². The second kappa shape index (κ2) is 6.45. The second-order valence-corrected chi connectivity index (χ2v) is 7.91. The molecule has 3 heterocycles. The van der Waals surface area contributed by atoms with Crippen LogP contribution in [-0.4, -0.2) is 51.3 Å². The maximum Gasteiger partial charge on any atom is 0.248 e. The molecule has 4 rings (SSSR count). The Bertz CT molecular complexity index is 841. The Morgan fingerprint density at radius 2 is 1.92 bits per heavy atom. The maximum absolute atomic E-state index is 13.2. The van der Waals surface area contributed by atoms with E-state index < -0.39 is 5.54 Å². The fraction of sp³-hybridized carbons (Fsp3) is 0.524. The monoisotopic (exact) mass is 353 g/mol. The third-order valence-corrected chi connectivity index (χ3v) is 6.08. The van der Waals surface area contributed by atoms with Crippen LogP contribution < -0.4 is 0 Å². The van der Waals surface area contributed by atoms with Gasteiger partial charge in [0.05, 0.1) is 6.42 Å². The molecule has 1 aromatic heterocycles. The average molecular weight is 353 g/mol.